The maximum atomic E-state index is 10.7. The summed E-state index contributed by atoms with van der Waals surface area (Å²) in [5.74, 6) is 0. The molecule has 0 aliphatic rings. The molecular weight excluding hydrogens is 381 g/mol. The van der Waals surface area contributed by atoms with Crippen LogP contribution in [0.2, 0.25) is 0 Å². The highest BCUT2D eigenvalue weighted by atomic mass is 32.2. The molecule has 1 rings (SSSR count). The Balaban J connectivity index is 0.000000713. The van der Waals surface area contributed by atoms with Crippen molar-refractivity contribution in [2.75, 3.05) is 0 Å². The van der Waals surface area contributed by atoms with Crippen LogP contribution in [0.4, 0.5) is 13.2 Å². The molecule has 1 aromatic heterocycles. The fraction of sp³-hybridized carbons (Fsp3) is 0.833. The number of halogens is 3. The minimum absolute atomic E-state index is 1.14. The van der Waals surface area contributed by atoms with Gasteiger partial charge in [-0.25, -0.2) is 4.98 Å². The van der Waals surface area contributed by atoms with Crippen LogP contribution in [0.25, 0.3) is 0 Å². The molecule has 0 radical (unpaired) electrons. The van der Waals surface area contributed by atoms with Crippen molar-refractivity contribution in [3.8, 4) is 0 Å². The monoisotopic (exact) mass is 414 g/mol. The average molecular weight is 415 g/mol. The van der Waals surface area contributed by atoms with Crippen LogP contribution in [-0.4, -0.2) is 28.0 Å². The van der Waals surface area contributed by atoms with Gasteiger partial charge in [-0.1, -0.05) is 77.6 Å². The third kappa shape index (κ3) is 15.6. The minimum atomic E-state index is -5.84. The van der Waals surface area contributed by atoms with E-state index in [1.165, 1.54) is 77.0 Å². The second-order valence-corrected chi connectivity index (χ2v) is 8.02. The first-order valence-corrected chi connectivity index (χ1v) is 11.1. The molecular formula is C18H33F3N2O3S. The molecule has 0 bridgehead atoms. The Morgan fingerprint density at radius 3 is 1.63 bits per heavy atom. The minimum Gasteiger partial charge on any atom is -0.337 e. The zero-order chi connectivity index (χ0) is 20.6. The number of alkyl halides is 3. The number of hydrogen-bond acceptors (Lipinski definition) is 3. The number of unbranched alkanes of at least 4 members (excludes halogenated alkanes) is 11. The number of hydrogen-bond donors (Lipinski definition) is 1. The molecule has 0 saturated carbocycles. The lowest BCUT2D eigenvalue weighted by Crippen LogP contribution is -2.21. The van der Waals surface area contributed by atoms with E-state index >= 15 is 0 Å². The Labute approximate surface area is 161 Å². The Morgan fingerprint density at radius 2 is 1.30 bits per heavy atom. The smallest absolute Gasteiger partial charge is 0.337 e. The van der Waals surface area contributed by atoms with Crippen LogP contribution in [0.15, 0.2) is 18.7 Å². The van der Waals surface area contributed by atoms with Crippen molar-refractivity contribution in [3.05, 3.63) is 18.7 Å². The summed E-state index contributed by atoms with van der Waals surface area (Å²) in [7, 11) is -5.84. The molecule has 0 unspecified atom stereocenters. The summed E-state index contributed by atoms with van der Waals surface area (Å²) in [4.78, 5) is 4.06. The van der Waals surface area contributed by atoms with E-state index in [0.29, 0.717) is 0 Å². The van der Waals surface area contributed by atoms with Crippen molar-refractivity contribution in [2.45, 2.75) is 96.0 Å². The molecule has 1 aromatic rings. The molecule has 5 nitrogen and oxygen atoms in total. The van der Waals surface area contributed by atoms with Crippen molar-refractivity contribution in [3.63, 3.8) is 0 Å². The van der Waals surface area contributed by atoms with Crippen molar-refractivity contribution in [2.24, 2.45) is 0 Å². The largest absolute Gasteiger partial charge is 0.522 e. The molecule has 1 heterocycles. The van der Waals surface area contributed by atoms with Gasteiger partial charge in [0.2, 0.25) is 0 Å². The number of rotatable bonds is 13. The molecule has 0 atom stereocenters. The first kappa shape index (κ1) is 25.9. The predicted octanol–water partition coefficient (Wildman–Crippen LogP) is 5.98. The van der Waals surface area contributed by atoms with Gasteiger partial charge >= 0.3 is 15.6 Å². The number of imidazole rings is 1. The zero-order valence-corrected chi connectivity index (χ0v) is 16.9. The Hall–Kier alpha value is -1.09. The summed E-state index contributed by atoms with van der Waals surface area (Å²) in [6.07, 6.45) is 22.8. The van der Waals surface area contributed by atoms with Gasteiger partial charge in [-0.15, -0.1) is 0 Å². The van der Waals surface area contributed by atoms with Crippen LogP contribution in [0.3, 0.4) is 0 Å². The lowest BCUT2D eigenvalue weighted by molar-refractivity contribution is -0.0510. The molecule has 0 spiro atoms. The molecule has 0 aliphatic carbocycles. The highest BCUT2D eigenvalue weighted by Crippen LogP contribution is 2.20. The average Bonchev–Trinajstić information content (AvgIpc) is 3.08. The predicted molar refractivity (Wildman–Crippen MR) is 101 cm³/mol. The normalized spacial score (nSPS) is 11.9. The lowest BCUT2D eigenvalue weighted by Gasteiger charge is -2.03. The second kappa shape index (κ2) is 14.9. The first-order valence-electron chi connectivity index (χ1n) is 9.68. The molecule has 0 aromatic carbocycles. The third-order valence-electron chi connectivity index (χ3n) is 4.12. The summed E-state index contributed by atoms with van der Waals surface area (Å²) in [5.41, 5.74) is -5.53. The van der Waals surface area contributed by atoms with E-state index < -0.39 is 15.6 Å². The van der Waals surface area contributed by atoms with Crippen LogP contribution in [0.1, 0.15) is 84.0 Å². The molecule has 27 heavy (non-hydrogen) atoms. The maximum absolute atomic E-state index is 10.7. The van der Waals surface area contributed by atoms with Crippen molar-refractivity contribution >= 4 is 10.1 Å². The van der Waals surface area contributed by atoms with Gasteiger partial charge in [-0.3, -0.25) is 4.55 Å². The summed E-state index contributed by atoms with van der Waals surface area (Å²) < 4.78 is 59.7. The van der Waals surface area contributed by atoms with E-state index in [0.717, 1.165) is 6.54 Å². The molecule has 1 N–H and O–H groups in total. The van der Waals surface area contributed by atoms with E-state index in [-0.39, 0.29) is 0 Å². The Bertz CT molecular complexity index is 547. The topological polar surface area (TPSA) is 72.2 Å². The highest BCUT2D eigenvalue weighted by Gasteiger charge is 2.44. The van der Waals surface area contributed by atoms with E-state index in [1.807, 2.05) is 12.5 Å². The first-order chi connectivity index (χ1) is 12.7. The van der Waals surface area contributed by atoms with Gasteiger partial charge in [-0.05, 0) is 6.42 Å². The molecule has 0 aliphatic heterocycles. The van der Waals surface area contributed by atoms with Gasteiger partial charge in [0.15, 0.2) is 0 Å². The summed E-state index contributed by atoms with van der Waals surface area (Å²) >= 11 is 0. The van der Waals surface area contributed by atoms with E-state index in [9.17, 15) is 13.2 Å². The molecule has 9 heteroatoms. The van der Waals surface area contributed by atoms with Gasteiger partial charge in [0, 0.05) is 18.9 Å². The van der Waals surface area contributed by atoms with Gasteiger partial charge in [0.25, 0.3) is 0 Å². The summed E-state index contributed by atoms with van der Waals surface area (Å²) in [6, 6.07) is 0. The van der Waals surface area contributed by atoms with Crippen LogP contribution in [0.5, 0.6) is 0 Å². The van der Waals surface area contributed by atoms with Crippen LogP contribution in [-0.2, 0) is 16.7 Å². The summed E-state index contributed by atoms with van der Waals surface area (Å²) in [5, 5.41) is 0. The van der Waals surface area contributed by atoms with Crippen molar-refractivity contribution in [1.29, 1.82) is 0 Å². The standard InChI is InChI=1S/C17H32N2.CHF3O3S/c1-2-3-4-5-6-7-8-9-10-11-12-13-15-19-16-14-18-17-19;2-1(3,4)8(5,6)7/h14,16-17H,2-13,15H2,1H3;(H,5,6,7). The molecule has 0 saturated heterocycles. The van der Waals surface area contributed by atoms with Crippen LogP contribution >= 0.6 is 0 Å². The summed E-state index contributed by atoms with van der Waals surface area (Å²) in [6.45, 7) is 3.42. The quantitative estimate of drug-likeness (QED) is 0.245. The van der Waals surface area contributed by atoms with Crippen LogP contribution in [0, 0.1) is 0 Å². The van der Waals surface area contributed by atoms with Crippen molar-refractivity contribution in [1.82, 2.24) is 9.55 Å². The van der Waals surface area contributed by atoms with Crippen LogP contribution < -0.4 is 0 Å². The maximum Gasteiger partial charge on any atom is 0.522 e. The second-order valence-electron chi connectivity index (χ2n) is 6.61. The highest BCUT2D eigenvalue weighted by molar-refractivity contribution is 7.86. The molecule has 0 fully saturated rings. The van der Waals surface area contributed by atoms with Gasteiger partial charge in [-0.2, -0.15) is 21.6 Å². The fourth-order valence-electron chi connectivity index (χ4n) is 2.55. The molecule has 160 valence electrons. The lowest BCUT2D eigenvalue weighted by atomic mass is 10.1. The number of nitrogens with zero attached hydrogens (tertiary/aromatic N) is 2. The number of aromatic nitrogens is 2. The number of aryl methyl sites for hydroxylation is 1. The van der Waals surface area contributed by atoms with Gasteiger partial charge < -0.3 is 4.57 Å². The molecule has 0 amide bonds. The van der Waals surface area contributed by atoms with E-state index in [4.69, 9.17) is 13.0 Å². The zero-order valence-electron chi connectivity index (χ0n) is 16.1. The fourth-order valence-corrected chi connectivity index (χ4v) is 2.55. The Morgan fingerprint density at radius 1 is 0.889 bits per heavy atom. The van der Waals surface area contributed by atoms with Crippen molar-refractivity contribution < 1.29 is 26.1 Å². The Kier molecular flexibility index (Phi) is 14.3. The van der Waals surface area contributed by atoms with Gasteiger partial charge in [0.05, 0.1) is 6.33 Å². The third-order valence-corrected chi connectivity index (χ3v) is 4.71. The van der Waals surface area contributed by atoms with E-state index in [1.54, 1.807) is 0 Å². The van der Waals surface area contributed by atoms with Gasteiger partial charge in [0.1, 0.15) is 0 Å². The van der Waals surface area contributed by atoms with E-state index in [2.05, 4.69) is 22.7 Å². The SMILES string of the molecule is CCCCCCCCCCCCCCn1ccnc1.O=S(=O)(O)C(F)(F)F.